The molecule has 0 atom stereocenters. The average Bonchev–Trinajstić information content (AvgIpc) is 2.85. The fraction of sp³-hybridized carbons (Fsp3) is 0.174. The van der Waals surface area contributed by atoms with E-state index in [1.54, 1.807) is 18.2 Å². The quantitative estimate of drug-likeness (QED) is 0.310. The lowest BCUT2D eigenvalue weighted by Crippen LogP contribution is -2.37. The molecule has 0 bridgehead atoms. The van der Waals surface area contributed by atoms with Crippen LogP contribution in [0.25, 0.3) is 22.4 Å². The van der Waals surface area contributed by atoms with E-state index in [0.717, 1.165) is 16.3 Å². The zero-order valence-electron chi connectivity index (χ0n) is 18.8. The summed E-state index contributed by atoms with van der Waals surface area (Å²) in [6, 6.07) is 10.3. The Morgan fingerprint density at radius 2 is 1.83 bits per heavy atom. The second-order valence-corrected chi connectivity index (χ2v) is 8.85. The molecular weight excluding hydrogens is 497 g/mol. The zero-order valence-corrected chi connectivity index (χ0v) is 20.4. The lowest BCUT2D eigenvalue weighted by Gasteiger charge is -2.13. The number of thioether (sulfide) groups is 1. The van der Waals surface area contributed by atoms with Crippen LogP contribution in [0.3, 0.4) is 0 Å². The maximum absolute atomic E-state index is 13.4. The topological polar surface area (TPSA) is 108 Å². The molecule has 0 radical (unpaired) electrons. The van der Waals surface area contributed by atoms with E-state index in [9.17, 15) is 18.8 Å². The molecule has 35 heavy (non-hydrogen) atoms. The van der Waals surface area contributed by atoms with Gasteiger partial charge in [0, 0.05) is 24.7 Å². The molecule has 0 aliphatic rings. The number of methoxy groups -OCH3 is 1. The van der Waals surface area contributed by atoms with Gasteiger partial charge in [0.1, 0.15) is 22.0 Å². The highest BCUT2D eigenvalue weighted by atomic mass is 35.5. The minimum absolute atomic E-state index is 0.0959. The van der Waals surface area contributed by atoms with Crippen LogP contribution in [0.1, 0.15) is 0 Å². The van der Waals surface area contributed by atoms with Crippen molar-refractivity contribution in [2.75, 3.05) is 18.2 Å². The number of nitrogens with one attached hydrogen (secondary N) is 1. The Hall–Kier alpha value is -3.70. The summed E-state index contributed by atoms with van der Waals surface area (Å²) in [5.74, 6) is -0.329. The number of nitrogens with zero attached hydrogens (tertiary/aromatic N) is 4. The average molecular weight is 516 g/mol. The van der Waals surface area contributed by atoms with Gasteiger partial charge in [-0.05, 0) is 42.5 Å². The van der Waals surface area contributed by atoms with Crippen molar-refractivity contribution in [3.05, 3.63) is 74.1 Å². The maximum Gasteiger partial charge on any atom is 0.332 e. The van der Waals surface area contributed by atoms with E-state index in [-0.39, 0.29) is 27.6 Å². The number of rotatable bonds is 6. The molecule has 0 spiro atoms. The predicted molar refractivity (Wildman–Crippen MR) is 133 cm³/mol. The standard InChI is InChI=1S/C23H19ClFN5O4S/c1-29-20-18(22(32)30(2)23(29)33)21(28-19(27-20)12-4-7-14(25)8-5-12)35-11-17(31)26-15-10-13(24)6-9-16(15)34-3/h4-10H,11H2,1-3H3,(H,26,31). The molecule has 0 fully saturated rings. The maximum atomic E-state index is 13.4. The minimum atomic E-state index is -0.590. The van der Waals surface area contributed by atoms with E-state index in [4.69, 9.17) is 16.3 Å². The number of carbonyl (C=O) groups is 1. The first kappa shape index (κ1) is 24.4. The highest BCUT2D eigenvalue weighted by Gasteiger charge is 2.19. The van der Waals surface area contributed by atoms with Gasteiger partial charge >= 0.3 is 5.69 Å². The van der Waals surface area contributed by atoms with Gasteiger partial charge in [-0.15, -0.1) is 0 Å². The van der Waals surface area contributed by atoms with Crippen LogP contribution < -0.4 is 21.3 Å². The van der Waals surface area contributed by atoms with Gasteiger partial charge in [0.15, 0.2) is 11.5 Å². The van der Waals surface area contributed by atoms with Crippen LogP contribution in [0.5, 0.6) is 5.75 Å². The number of aryl methyl sites for hydroxylation is 1. The lowest BCUT2D eigenvalue weighted by atomic mass is 10.2. The van der Waals surface area contributed by atoms with Crippen LogP contribution in [0.15, 0.2) is 57.1 Å². The fourth-order valence-corrected chi connectivity index (χ4v) is 4.35. The van der Waals surface area contributed by atoms with Gasteiger partial charge in [-0.1, -0.05) is 23.4 Å². The molecule has 0 aliphatic heterocycles. The number of halogens is 2. The smallest absolute Gasteiger partial charge is 0.332 e. The molecular formula is C23H19ClFN5O4S. The lowest BCUT2D eigenvalue weighted by molar-refractivity contribution is -0.113. The molecule has 180 valence electrons. The number of hydrogen-bond acceptors (Lipinski definition) is 7. The normalized spacial score (nSPS) is 11.0. The number of anilines is 1. The third kappa shape index (κ3) is 4.91. The van der Waals surface area contributed by atoms with Crippen molar-refractivity contribution in [3.8, 4) is 17.1 Å². The Balaban J connectivity index is 1.75. The Morgan fingerprint density at radius 1 is 1.11 bits per heavy atom. The van der Waals surface area contributed by atoms with Gasteiger partial charge in [0.2, 0.25) is 5.91 Å². The van der Waals surface area contributed by atoms with Gasteiger partial charge in [0.25, 0.3) is 5.56 Å². The molecule has 0 saturated carbocycles. The van der Waals surface area contributed by atoms with Crippen LogP contribution in [-0.4, -0.2) is 37.9 Å². The summed E-state index contributed by atoms with van der Waals surface area (Å²) in [4.78, 5) is 47.0. The highest BCUT2D eigenvalue weighted by molar-refractivity contribution is 8.00. The second-order valence-electron chi connectivity index (χ2n) is 7.45. The van der Waals surface area contributed by atoms with E-state index in [0.29, 0.717) is 22.0 Å². The summed E-state index contributed by atoms with van der Waals surface area (Å²) in [5.41, 5.74) is -0.173. The number of hydrogen-bond donors (Lipinski definition) is 1. The first-order valence-corrected chi connectivity index (χ1v) is 11.6. The van der Waals surface area contributed by atoms with Gasteiger partial charge in [0.05, 0.1) is 18.6 Å². The summed E-state index contributed by atoms with van der Waals surface area (Å²) >= 11 is 7.03. The van der Waals surface area contributed by atoms with E-state index in [2.05, 4.69) is 15.3 Å². The summed E-state index contributed by atoms with van der Waals surface area (Å²) in [6.07, 6.45) is 0. The van der Waals surface area contributed by atoms with E-state index in [1.165, 1.54) is 50.0 Å². The molecule has 2 aromatic carbocycles. The number of aromatic nitrogens is 4. The molecule has 0 saturated heterocycles. The summed E-state index contributed by atoms with van der Waals surface area (Å²) in [5, 5.41) is 3.45. The number of fused-ring (bicyclic) bond motifs is 1. The molecule has 0 unspecified atom stereocenters. The van der Waals surface area contributed by atoms with Crippen molar-refractivity contribution in [1.29, 1.82) is 0 Å². The van der Waals surface area contributed by atoms with Crippen LogP contribution >= 0.6 is 23.4 Å². The molecule has 4 rings (SSSR count). The van der Waals surface area contributed by atoms with Crippen molar-refractivity contribution in [2.24, 2.45) is 14.1 Å². The van der Waals surface area contributed by atoms with Crippen LogP contribution in [0, 0.1) is 5.82 Å². The minimum Gasteiger partial charge on any atom is -0.495 e. The van der Waals surface area contributed by atoms with Crippen molar-refractivity contribution in [2.45, 2.75) is 5.03 Å². The molecule has 9 nitrogen and oxygen atoms in total. The number of amides is 1. The van der Waals surface area contributed by atoms with Crippen LogP contribution in [0.2, 0.25) is 5.02 Å². The van der Waals surface area contributed by atoms with Crippen LogP contribution in [-0.2, 0) is 18.9 Å². The zero-order chi connectivity index (χ0) is 25.3. The second kappa shape index (κ2) is 9.88. The highest BCUT2D eigenvalue weighted by Crippen LogP contribution is 2.29. The molecule has 12 heteroatoms. The largest absolute Gasteiger partial charge is 0.495 e. The molecule has 0 aliphatic carbocycles. The molecule has 1 amide bonds. The fourth-order valence-electron chi connectivity index (χ4n) is 3.36. The van der Waals surface area contributed by atoms with Crippen molar-refractivity contribution in [3.63, 3.8) is 0 Å². The first-order valence-electron chi connectivity index (χ1n) is 10.2. The third-order valence-corrected chi connectivity index (χ3v) is 6.36. The van der Waals surface area contributed by atoms with Gasteiger partial charge < -0.3 is 10.1 Å². The summed E-state index contributed by atoms with van der Waals surface area (Å²) in [7, 11) is 4.31. The summed E-state index contributed by atoms with van der Waals surface area (Å²) in [6.45, 7) is 0. The van der Waals surface area contributed by atoms with Gasteiger partial charge in [-0.3, -0.25) is 18.7 Å². The van der Waals surface area contributed by atoms with Crippen molar-refractivity contribution >= 4 is 46.0 Å². The Morgan fingerprint density at radius 3 is 2.51 bits per heavy atom. The van der Waals surface area contributed by atoms with E-state index in [1.807, 2.05) is 0 Å². The van der Waals surface area contributed by atoms with Crippen LogP contribution in [0.4, 0.5) is 10.1 Å². The van der Waals surface area contributed by atoms with E-state index >= 15 is 0 Å². The monoisotopic (exact) mass is 515 g/mol. The van der Waals surface area contributed by atoms with Gasteiger partial charge in [-0.2, -0.15) is 0 Å². The SMILES string of the molecule is COc1ccc(Cl)cc1NC(=O)CSc1nc(-c2ccc(F)cc2)nc2c1c(=O)n(C)c(=O)n2C. The number of ether oxygens (including phenoxy) is 1. The molecule has 2 aromatic heterocycles. The Bertz CT molecular complexity index is 1570. The van der Waals surface area contributed by atoms with E-state index < -0.39 is 23.0 Å². The number of benzene rings is 2. The Kier molecular flexibility index (Phi) is 6.90. The molecule has 4 aromatic rings. The number of carbonyl (C=O) groups excluding carboxylic acids is 1. The van der Waals surface area contributed by atoms with Gasteiger partial charge in [-0.25, -0.2) is 19.2 Å². The van der Waals surface area contributed by atoms with Crippen molar-refractivity contribution < 1.29 is 13.9 Å². The summed E-state index contributed by atoms with van der Waals surface area (Å²) < 4.78 is 20.8. The first-order chi connectivity index (χ1) is 16.7. The molecule has 1 N–H and O–H groups in total. The Labute approximate surface area is 207 Å². The third-order valence-electron chi connectivity index (χ3n) is 5.14. The van der Waals surface area contributed by atoms with Crippen molar-refractivity contribution in [1.82, 2.24) is 19.1 Å². The molecule has 2 heterocycles. The predicted octanol–water partition coefficient (Wildman–Crippen LogP) is 3.23.